The van der Waals surface area contributed by atoms with Crippen molar-refractivity contribution in [2.75, 3.05) is 0 Å². The number of allylic oxidation sites excluding steroid dienone is 8. The maximum absolute atomic E-state index is 4.31. The topological polar surface area (TPSA) is 25.8 Å². The Hall–Kier alpha value is -1.10. The minimum Gasteiger partial charge on any atom is -1.00 e. The summed E-state index contributed by atoms with van der Waals surface area (Å²) in [6, 6.07) is 12.2. The predicted molar refractivity (Wildman–Crippen MR) is 99.6 cm³/mol. The molecule has 0 saturated heterocycles. The normalized spacial score (nSPS) is 13.3. The van der Waals surface area contributed by atoms with Gasteiger partial charge >= 0.3 is 169 Å². The monoisotopic (exact) mass is 488 g/mol. The van der Waals surface area contributed by atoms with E-state index in [9.17, 15) is 0 Å². The molecule has 0 N–H and O–H groups in total. The molecule has 2 aromatic heterocycles. The van der Waals surface area contributed by atoms with E-state index in [1.165, 1.54) is 11.4 Å². The standard InChI is InChI=1S/2C6H6N.2C5H5.2ClH.2Cr/c2*1-6-4-2-3-5-7-6;2*1-2-4-5-3-1;;;;/h2*2-5H,1H2;2*1-3H,4H2;2*1H;;/q;;;;;;2*+1/p-2. The Balaban J connectivity index is 0.000000261. The third kappa shape index (κ3) is 9.40. The van der Waals surface area contributed by atoms with Crippen molar-refractivity contribution in [2.24, 2.45) is 0 Å². The van der Waals surface area contributed by atoms with Gasteiger partial charge in [-0.05, 0) is 0 Å². The molecule has 0 fully saturated rings. The van der Waals surface area contributed by atoms with Crippen molar-refractivity contribution in [1.29, 1.82) is 0 Å². The maximum atomic E-state index is 4.31. The van der Waals surface area contributed by atoms with Crippen molar-refractivity contribution in [3.05, 3.63) is 106 Å². The zero-order chi connectivity index (χ0) is 17.9. The van der Waals surface area contributed by atoms with Crippen LogP contribution in [0.2, 0.25) is 0 Å². The van der Waals surface area contributed by atoms with E-state index in [0.717, 1.165) is 23.4 Å². The molecule has 2 heterocycles. The van der Waals surface area contributed by atoms with Crippen LogP contribution in [0, 0.1) is 0 Å². The van der Waals surface area contributed by atoms with Gasteiger partial charge in [0.2, 0.25) is 0 Å². The summed E-state index contributed by atoms with van der Waals surface area (Å²) in [4.78, 5) is 8.62. The first-order valence-corrected chi connectivity index (χ1v) is 11.7. The van der Waals surface area contributed by atoms with E-state index in [4.69, 9.17) is 0 Å². The molecule has 0 aromatic carbocycles. The van der Waals surface area contributed by atoms with Crippen LogP contribution < -0.4 is 24.8 Å². The van der Waals surface area contributed by atoms with Gasteiger partial charge in [-0.2, -0.15) is 0 Å². The van der Waals surface area contributed by atoms with E-state index in [-0.39, 0.29) is 24.8 Å². The van der Waals surface area contributed by atoms with Crippen molar-refractivity contribution in [3.63, 3.8) is 0 Å². The van der Waals surface area contributed by atoms with Gasteiger partial charge in [0.05, 0.1) is 0 Å². The number of halogens is 2. The molecule has 0 amide bonds. The van der Waals surface area contributed by atoms with Crippen LogP contribution >= 0.6 is 0 Å². The molecule has 0 radical (unpaired) electrons. The average Bonchev–Trinajstić information content (AvgIpc) is 3.41. The number of pyridine rings is 2. The van der Waals surface area contributed by atoms with Gasteiger partial charge in [0.25, 0.3) is 0 Å². The molecule has 0 bridgehead atoms. The molecule has 0 atom stereocenters. The second kappa shape index (κ2) is 14.8. The minimum absolute atomic E-state index is 0. The van der Waals surface area contributed by atoms with Crippen LogP contribution in [0.15, 0.2) is 94.1 Å². The van der Waals surface area contributed by atoms with Crippen LogP contribution in [-0.4, -0.2) is 9.97 Å². The van der Waals surface area contributed by atoms with Crippen LogP contribution in [0.3, 0.4) is 0 Å². The molecular weight excluding hydrogens is 467 g/mol. The molecule has 2 aliphatic carbocycles. The van der Waals surface area contributed by atoms with E-state index in [0.29, 0.717) is 30.4 Å². The van der Waals surface area contributed by atoms with Gasteiger partial charge in [0, 0.05) is 0 Å². The van der Waals surface area contributed by atoms with E-state index < -0.39 is 0 Å². The number of hydrogen-bond acceptors (Lipinski definition) is 2. The van der Waals surface area contributed by atoms with Crippen molar-refractivity contribution in [3.8, 4) is 0 Å². The minimum atomic E-state index is 0. The Bertz CT molecular complexity index is 734. The first-order chi connectivity index (χ1) is 12.9. The second-order valence-electron chi connectivity index (χ2n) is 5.75. The Morgan fingerprint density at radius 1 is 0.679 bits per heavy atom. The van der Waals surface area contributed by atoms with Crippen LogP contribution in [0.25, 0.3) is 0 Å². The number of aromatic nitrogens is 2. The summed E-state index contributed by atoms with van der Waals surface area (Å²) in [7, 11) is 0. The number of rotatable bonds is 6. The Kier molecular flexibility index (Phi) is 13.2. The molecule has 4 rings (SSSR count). The predicted octanol–water partition coefficient (Wildman–Crippen LogP) is -0.976. The maximum Gasteiger partial charge on any atom is -1.00 e. The molecule has 146 valence electrons. The SMILES string of the molecule is C1=CC[C]([Cr+][CH2]c2ccccn2)=C1.C1=CC[C]([Cr+][CH2]c2ccccn2)=C1.[Cl-].[Cl-]. The van der Waals surface area contributed by atoms with Crippen LogP contribution in [0.5, 0.6) is 0 Å². The zero-order valence-corrected chi connectivity index (χ0v) is 19.4. The Morgan fingerprint density at radius 3 is 1.46 bits per heavy atom. The van der Waals surface area contributed by atoms with Crippen LogP contribution in [-0.2, 0) is 41.0 Å². The summed E-state index contributed by atoms with van der Waals surface area (Å²) in [6.07, 6.45) is 19.3. The Morgan fingerprint density at radius 2 is 1.14 bits per heavy atom. The summed E-state index contributed by atoms with van der Waals surface area (Å²) in [6.45, 7) is 0. The van der Waals surface area contributed by atoms with Crippen molar-refractivity contribution in [1.82, 2.24) is 9.97 Å². The quantitative estimate of drug-likeness (QED) is 0.522. The van der Waals surface area contributed by atoms with E-state index in [1.807, 2.05) is 24.5 Å². The van der Waals surface area contributed by atoms with Gasteiger partial charge in [-0.15, -0.1) is 0 Å². The van der Waals surface area contributed by atoms with Crippen molar-refractivity contribution in [2.45, 2.75) is 23.4 Å². The zero-order valence-electron chi connectivity index (χ0n) is 15.4. The van der Waals surface area contributed by atoms with E-state index in [2.05, 4.69) is 70.7 Å². The first kappa shape index (κ1) is 24.9. The van der Waals surface area contributed by atoms with Gasteiger partial charge in [-0.1, -0.05) is 0 Å². The smallest absolute Gasteiger partial charge is 1.00 e. The number of hydrogen-bond donors (Lipinski definition) is 0. The molecule has 0 saturated carbocycles. The van der Waals surface area contributed by atoms with Crippen LogP contribution in [0.1, 0.15) is 24.2 Å². The summed E-state index contributed by atoms with van der Waals surface area (Å²) in [5.74, 6) is 0. The average molecular weight is 489 g/mol. The Labute approximate surface area is 193 Å². The molecule has 28 heavy (non-hydrogen) atoms. The van der Waals surface area contributed by atoms with Crippen LogP contribution in [0.4, 0.5) is 0 Å². The first-order valence-electron chi connectivity index (χ1n) is 8.67. The molecule has 6 heteroatoms. The van der Waals surface area contributed by atoms with E-state index >= 15 is 0 Å². The molecular formula is C22H22Cl2Cr2N2. The van der Waals surface area contributed by atoms with Gasteiger partial charge in [0.1, 0.15) is 0 Å². The third-order valence-electron chi connectivity index (χ3n) is 3.74. The molecule has 0 aliphatic heterocycles. The molecule has 2 aliphatic rings. The molecule has 2 nitrogen and oxygen atoms in total. The number of nitrogens with zero attached hydrogens (tertiary/aromatic N) is 2. The van der Waals surface area contributed by atoms with Crippen molar-refractivity contribution < 1.29 is 55.3 Å². The summed E-state index contributed by atoms with van der Waals surface area (Å²) in [5, 5.41) is 2.25. The summed E-state index contributed by atoms with van der Waals surface area (Å²) < 4.78 is 3.16. The summed E-state index contributed by atoms with van der Waals surface area (Å²) >= 11 is 1.19. The molecule has 0 spiro atoms. The largest absolute Gasteiger partial charge is 1.00 e. The fourth-order valence-electron chi connectivity index (χ4n) is 2.37. The fourth-order valence-corrected chi connectivity index (χ4v) is 5.16. The summed E-state index contributed by atoms with van der Waals surface area (Å²) in [5.41, 5.74) is 2.44. The molecule has 0 unspecified atom stereocenters. The van der Waals surface area contributed by atoms with Gasteiger partial charge < -0.3 is 24.8 Å². The van der Waals surface area contributed by atoms with Gasteiger partial charge in [-0.3, -0.25) is 0 Å². The van der Waals surface area contributed by atoms with Gasteiger partial charge in [-0.25, -0.2) is 0 Å². The van der Waals surface area contributed by atoms with Crippen molar-refractivity contribution >= 4 is 0 Å². The third-order valence-corrected chi connectivity index (χ3v) is 7.22. The molecule has 2 aromatic rings. The van der Waals surface area contributed by atoms with Gasteiger partial charge in [0.15, 0.2) is 0 Å². The van der Waals surface area contributed by atoms with E-state index in [1.54, 1.807) is 8.87 Å². The fraction of sp³-hybridized carbons (Fsp3) is 0.182. The second-order valence-corrected chi connectivity index (χ2v) is 9.19.